The van der Waals surface area contributed by atoms with Gasteiger partial charge in [0.1, 0.15) is 53.6 Å². The van der Waals surface area contributed by atoms with Gasteiger partial charge in [0.15, 0.2) is 6.79 Å². The standard InChI is InChI=1S/C22H17ClF2O3.C21H15ClF2O2/c23-16-4-8-20(22(25)10-16)15-3-7-19(21(24)9-15)14-1-5-17(6-2-14)28-13-26-11-18-12-27-18;22-15-4-8-19(21(24)10-15)14-3-7-18(20(23)9-14)13-1-5-16(6-2-13)25-11-17-12-26-17/h1-10,18H,11-13H2;1-10,17H,11-12H2. The first-order valence-corrected chi connectivity index (χ1v) is 17.7. The fraction of sp³-hybridized carbons (Fsp3) is 0.163. The highest BCUT2D eigenvalue weighted by molar-refractivity contribution is 6.31. The first kappa shape index (κ1) is 37.4. The van der Waals surface area contributed by atoms with E-state index in [0.29, 0.717) is 73.7 Å². The van der Waals surface area contributed by atoms with Crippen LogP contribution < -0.4 is 9.47 Å². The average Bonchev–Trinajstić information content (AvgIpc) is 4.10. The minimum Gasteiger partial charge on any atom is -0.491 e. The van der Waals surface area contributed by atoms with E-state index in [1.165, 1.54) is 30.3 Å². The minimum atomic E-state index is -0.489. The monoisotopic (exact) mass is 774 g/mol. The zero-order valence-corrected chi connectivity index (χ0v) is 30.1. The van der Waals surface area contributed by atoms with E-state index in [9.17, 15) is 17.6 Å². The molecule has 54 heavy (non-hydrogen) atoms. The zero-order valence-electron chi connectivity index (χ0n) is 28.5. The van der Waals surface area contributed by atoms with Crippen LogP contribution in [0.5, 0.6) is 11.5 Å². The van der Waals surface area contributed by atoms with Crippen molar-refractivity contribution in [3.63, 3.8) is 0 Å². The molecule has 0 bridgehead atoms. The van der Waals surface area contributed by atoms with Gasteiger partial charge in [-0.05, 0) is 95.1 Å². The lowest BCUT2D eigenvalue weighted by Gasteiger charge is -2.10. The van der Waals surface area contributed by atoms with E-state index in [0.717, 1.165) is 18.8 Å². The maximum Gasteiger partial charge on any atom is 0.189 e. The molecule has 6 aromatic carbocycles. The second kappa shape index (κ2) is 17.1. The molecule has 276 valence electrons. The van der Waals surface area contributed by atoms with Gasteiger partial charge in [0, 0.05) is 32.3 Å². The molecule has 11 heteroatoms. The second-order valence-electron chi connectivity index (χ2n) is 12.5. The van der Waals surface area contributed by atoms with Gasteiger partial charge in [-0.15, -0.1) is 0 Å². The maximum atomic E-state index is 14.7. The molecule has 5 nitrogen and oxygen atoms in total. The maximum absolute atomic E-state index is 14.7. The fourth-order valence-electron chi connectivity index (χ4n) is 5.55. The van der Waals surface area contributed by atoms with Crippen molar-refractivity contribution in [3.8, 4) is 56.0 Å². The molecule has 2 atom stereocenters. The molecule has 0 amide bonds. The first-order valence-electron chi connectivity index (χ1n) is 17.0. The van der Waals surface area contributed by atoms with Crippen molar-refractivity contribution in [2.24, 2.45) is 0 Å². The summed E-state index contributed by atoms with van der Waals surface area (Å²) in [5.41, 5.74) is 3.81. The Balaban J connectivity index is 0.000000167. The van der Waals surface area contributed by atoms with Crippen molar-refractivity contribution in [3.05, 3.63) is 155 Å². The summed E-state index contributed by atoms with van der Waals surface area (Å²) in [6.07, 6.45) is 0.381. The van der Waals surface area contributed by atoms with Crippen molar-refractivity contribution in [2.75, 3.05) is 33.2 Å². The number of benzene rings is 6. The van der Waals surface area contributed by atoms with E-state index < -0.39 is 23.3 Å². The highest BCUT2D eigenvalue weighted by Gasteiger charge is 2.23. The van der Waals surface area contributed by atoms with Crippen LogP contribution >= 0.6 is 23.2 Å². The molecule has 0 radical (unpaired) electrons. The van der Waals surface area contributed by atoms with Gasteiger partial charge in [0.25, 0.3) is 0 Å². The molecular weight excluding hydrogens is 743 g/mol. The van der Waals surface area contributed by atoms with Crippen molar-refractivity contribution >= 4 is 23.2 Å². The second-order valence-corrected chi connectivity index (χ2v) is 13.4. The Bertz CT molecular complexity index is 2230. The summed E-state index contributed by atoms with van der Waals surface area (Å²) in [5.74, 6) is -0.488. The summed E-state index contributed by atoms with van der Waals surface area (Å²) in [6.45, 7) is 2.65. The van der Waals surface area contributed by atoms with E-state index >= 15 is 0 Å². The third-order valence-corrected chi connectivity index (χ3v) is 9.08. The van der Waals surface area contributed by atoms with Gasteiger partial charge in [0.05, 0.1) is 19.8 Å². The van der Waals surface area contributed by atoms with Crippen LogP contribution in [0.4, 0.5) is 17.6 Å². The molecule has 2 fully saturated rings. The van der Waals surface area contributed by atoms with Crippen LogP contribution in [-0.4, -0.2) is 45.4 Å². The van der Waals surface area contributed by atoms with Gasteiger partial charge >= 0.3 is 0 Å². The van der Waals surface area contributed by atoms with Gasteiger partial charge in [-0.25, -0.2) is 17.6 Å². The van der Waals surface area contributed by atoms with Crippen LogP contribution in [0.3, 0.4) is 0 Å². The van der Waals surface area contributed by atoms with E-state index in [1.807, 2.05) is 0 Å². The molecule has 0 saturated carbocycles. The average molecular weight is 776 g/mol. The van der Waals surface area contributed by atoms with Crippen LogP contribution in [0.1, 0.15) is 0 Å². The Kier molecular flexibility index (Phi) is 11.8. The zero-order chi connectivity index (χ0) is 37.6. The molecular formula is C43H32Cl2F4O5. The quantitative estimate of drug-likeness (QED) is 0.0536. The highest BCUT2D eigenvalue weighted by Crippen LogP contribution is 2.33. The van der Waals surface area contributed by atoms with Crippen molar-refractivity contribution in [1.82, 2.24) is 0 Å². The van der Waals surface area contributed by atoms with Gasteiger partial charge in [0.2, 0.25) is 0 Å². The molecule has 8 rings (SSSR count). The van der Waals surface area contributed by atoms with Gasteiger partial charge < -0.3 is 23.7 Å². The third kappa shape index (κ3) is 9.79. The van der Waals surface area contributed by atoms with Crippen LogP contribution in [0.25, 0.3) is 44.5 Å². The minimum absolute atomic E-state index is 0.134. The lowest BCUT2D eigenvalue weighted by Crippen LogP contribution is -2.07. The van der Waals surface area contributed by atoms with Gasteiger partial charge in [-0.2, -0.15) is 0 Å². The molecule has 0 N–H and O–H groups in total. The number of ether oxygens (including phenoxy) is 5. The Morgan fingerprint density at radius 3 is 1.26 bits per heavy atom. The highest BCUT2D eigenvalue weighted by atomic mass is 35.5. The summed E-state index contributed by atoms with van der Waals surface area (Å²) in [7, 11) is 0. The van der Waals surface area contributed by atoms with Crippen LogP contribution in [0.2, 0.25) is 10.0 Å². The Morgan fingerprint density at radius 2 is 0.833 bits per heavy atom. The molecule has 6 aromatic rings. The third-order valence-electron chi connectivity index (χ3n) is 8.61. The van der Waals surface area contributed by atoms with Crippen molar-refractivity contribution in [1.29, 1.82) is 0 Å². The summed E-state index contributed by atoms with van der Waals surface area (Å²) in [5, 5.41) is 0.603. The molecule has 2 aliphatic rings. The fourth-order valence-corrected chi connectivity index (χ4v) is 5.87. The van der Waals surface area contributed by atoms with E-state index in [1.54, 1.807) is 91.0 Å². The molecule has 0 aliphatic carbocycles. The van der Waals surface area contributed by atoms with Crippen LogP contribution in [0.15, 0.2) is 121 Å². The van der Waals surface area contributed by atoms with Gasteiger partial charge in [-0.3, -0.25) is 0 Å². The smallest absolute Gasteiger partial charge is 0.189 e. The largest absolute Gasteiger partial charge is 0.491 e. The van der Waals surface area contributed by atoms with Crippen LogP contribution in [-0.2, 0) is 14.2 Å². The lowest BCUT2D eigenvalue weighted by atomic mass is 9.99. The van der Waals surface area contributed by atoms with E-state index in [2.05, 4.69) is 0 Å². The van der Waals surface area contributed by atoms with Crippen LogP contribution in [0, 0.1) is 23.3 Å². The molecule has 2 unspecified atom stereocenters. The topological polar surface area (TPSA) is 52.8 Å². The van der Waals surface area contributed by atoms with E-state index in [-0.39, 0.29) is 19.0 Å². The summed E-state index contributed by atoms with van der Waals surface area (Å²) >= 11 is 11.5. The molecule has 2 aliphatic heterocycles. The number of halogens is 6. The number of hydrogen-bond donors (Lipinski definition) is 0. The molecule has 2 heterocycles. The number of rotatable bonds is 12. The van der Waals surface area contributed by atoms with Gasteiger partial charge in [-0.1, -0.05) is 71.7 Å². The number of hydrogen-bond acceptors (Lipinski definition) is 5. The van der Waals surface area contributed by atoms with Crippen molar-refractivity contribution in [2.45, 2.75) is 12.2 Å². The summed E-state index contributed by atoms with van der Waals surface area (Å²) in [4.78, 5) is 0. The Morgan fingerprint density at radius 1 is 0.463 bits per heavy atom. The molecule has 2 saturated heterocycles. The predicted molar refractivity (Wildman–Crippen MR) is 201 cm³/mol. The first-order chi connectivity index (χ1) is 26.2. The summed E-state index contributed by atoms with van der Waals surface area (Å²) < 4.78 is 83.9. The molecule has 0 spiro atoms. The normalized spacial score (nSPS) is 15.6. The predicted octanol–water partition coefficient (Wildman–Crippen LogP) is 11.4. The SMILES string of the molecule is Fc1cc(Cl)ccc1-c1ccc(-c2ccc(OCC3CO3)cc2)c(F)c1.Fc1cc(Cl)ccc1-c1ccc(-c2ccc(OCOCC3CO3)cc2)c(F)c1. The Labute approximate surface area is 319 Å². The summed E-state index contributed by atoms with van der Waals surface area (Å²) in [6, 6.07) is 32.2. The lowest BCUT2D eigenvalue weighted by molar-refractivity contribution is 0.00822. The van der Waals surface area contributed by atoms with E-state index in [4.69, 9.17) is 46.9 Å². The Hall–Kier alpha value is -4.90. The van der Waals surface area contributed by atoms with Crippen molar-refractivity contribution < 1.29 is 41.2 Å². The molecule has 0 aromatic heterocycles. The number of epoxide rings is 2.